The van der Waals surface area contributed by atoms with Crippen LogP contribution in [0, 0.1) is 6.92 Å². The highest BCUT2D eigenvalue weighted by atomic mass is 16.1. The molecule has 0 aliphatic heterocycles. The van der Waals surface area contributed by atoms with Crippen LogP contribution in [0.1, 0.15) is 55.5 Å². The molecule has 0 radical (unpaired) electrons. The van der Waals surface area contributed by atoms with Gasteiger partial charge in [-0.2, -0.15) is 0 Å². The molecule has 0 saturated heterocycles. The second-order valence-corrected chi connectivity index (χ2v) is 5.63. The van der Waals surface area contributed by atoms with Gasteiger partial charge in [0, 0.05) is 6.20 Å². The summed E-state index contributed by atoms with van der Waals surface area (Å²) in [7, 11) is 0. The lowest BCUT2D eigenvalue weighted by atomic mass is 9.84. The highest BCUT2D eigenvalue weighted by molar-refractivity contribution is 6.07. The van der Waals surface area contributed by atoms with E-state index in [0.29, 0.717) is 11.4 Å². The van der Waals surface area contributed by atoms with Crippen molar-refractivity contribution >= 4 is 11.6 Å². The van der Waals surface area contributed by atoms with Crippen molar-refractivity contribution in [2.45, 2.75) is 52.0 Å². The Bertz CT molecular complexity index is 468. The topological polar surface area (TPSA) is 59.2 Å². The zero-order chi connectivity index (χ0) is 14.8. The summed E-state index contributed by atoms with van der Waals surface area (Å²) in [6, 6.07) is 1.87. The van der Waals surface area contributed by atoms with E-state index in [1.165, 1.54) is 0 Å². The maximum Gasteiger partial charge on any atom is 0.187 e. The van der Waals surface area contributed by atoms with Crippen LogP contribution in [0.25, 0.3) is 0 Å². The minimum absolute atomic E-state index is 0.168. The molecule has 4 nitrogen and oxygen atoms in total. The smallest absolute Gasteiger partial charge is 0.187 e. The van der Waals surface area contributed by atoms with E-state index in [0.717, 1.165) is 44.3 Å². The quantitative estimate of drug-likeness (QED) is 0.839. The molecule has 1 aliphatic carbocycles. The lowest BCUT2D eigenvalue weighted by Crippen LogP contribution is -2.53. The van der Waals surface area contributed by atoms with Crippen LogP contribution >= 0.6 is 0 Å². The van der Waals surface area contributed by atoms with Crippen molar-refractivity contribution in [2.75, 3.05) is 18.8 Å². The number of aryl methyl sites for hydroxylation is 1. The second-order valence-electron chi connectivity index (χ2n) is 5.63. The molecule has 20 heavy (non-hydrogen) atoms. The second kappa shape index (κ2) is 5.92. The molecule has 1 aromatic heterocycles. The summed E-state index contributed by atoms with van der Waals surface area (Å²) in [6.07, 6.45) is 5.76. The molecule has 0 atom stereocenters. The Morgan fingerprint density at radius 3 is 2.45 bits per heavy atom. The Kier molecular flexibility index (Phi) is 4.43. The Labute approximate surface area is 121 Å². The largest absolute Gasteiger partial charge is 0.383 e. The van der Waals surface area contributed by atoms with Gasteiger partial charge in [-0.05, 0) is 44.5 Å². The van der Waals surface area contributed by atoms with E-state index in [-0.39, 0.29) is 11.3 Å². The molecule has 0 bridgehead atoms. The maximum absolute atomic E-state index is 13.2. The van der Waals surface area contributed by atoms with Crippen LogP contribution in [0.2, 0.25) is 0 Å². The molecular weight excluding hydrogens is 250 g/mol. The fourth-order valence-corrected chi connectivity index (χ4v) is 3.58. The number of carbonyl (C=O) groups excluding carboxylic acids is 1. The number of nitrogens with zero attached hydrogens (tertiary/aromatic N) is 2. The first-order valence-electron chi connectivity index (χ1n) is 7.57. The van der Waals surface area contributed by atoms with Gasteiger partial charge in [-0.25, -0.2) is 4.98 Å². The van der Waals surface area contributed by atoms with Crippen LogP contribution in [0.5, 0.6) is 0 Å². The number of hydrogen-bond donors (Lipinski definition) is 1. The predicted molar refractivity (Wildman–Crippen MR) is 81.8 cm³/mol. The first-order valence-corrected chi connectivity index (χ1v) is 7.57. The first kappa shape index (κ1) is 15.0. The van der Waals surface area contributed by atoms with Gasteiger partial charge in [0.1, 0.15) is 5.82 Å². The van der Waals surface area contributed by atoms with E-state index >= 15 is 0 Å². The molecule has 1 saturated carbocycles. The Hall–Kier alpha value is -1.42. The van der Waals surface area contributed by atoms with Crippen LogP contribution in [-0.2, 0) is 0 Å². The molecular formula is C16H25N3O. The summed E-state index contributed by atoms with van der Waals surface area (Å²) >= 11 is 0. The van der Waals surface area contributed by atoms with Crippen molar-refractivity contribution < 1.29 is 4.79 Å². The normalized spacial score (nSPS) is 17.6. The summed E-state index contributed by atoms with van der Waals surface area (Å²) in [4.78, 5) is 19.6. The summed E-state index contributed by atoms with van der Waals surface area (Å²) < 4.78 is 0. The zero-order valence-electron chi connectivity index (χ0n) is 12.8. The molecule has 2 N–H and O–H groups in total. The number of aromatic nitrogens is 1. The van der Waals surface area contributed by atoms with Crippen molar-refractivity contribution in [3.05, 3.63) is 23.4 Å². The van der Waals surface area contributed by atoms with Gasteiger partial charge in [0.2, 0.25) is 0 Å². The molecule has 2 rings (SSSR count). The summed E-state index contributed by atoms with van der Waals surface area (Å²) in [6.45, 7) is 7.96. The van der Waals surface area contributed by atoms with Gasteiger partial charge in [0.05, 0.1) is 11.1 Å². The number of ketones is 1. The number of anilines is 1. The number of hydrogen-bond acceptors (Lipinski definition) is 4. The molecule has 0 amide bonds. The lowest BCUT2D eigenvalue weighted by molar-refractivity contribution is 0.0584. The van der Waals surface area contributed by atoms with E-state index < -0.39 is 0 Å². The van der Waals surface area contributed by atoms with E-state index in [1.54, 1.807) is 6.20 Å². The fourth-order valence-electron chi connectivity index (χ4n) is 3.58. The van der Waals surface area contributed by atoms with Gasteiger partial charge >= 0.3 is 0 Å². The number of nitrogens with two attached hydrogens (primary N) is 1. The third-order valence-corrected chi connectivity index (χ3v) is 4.64. The molecule has 0 unspecified atom stereocenters. The lowest BCUT2D eigenvalue weighted by Gasteiger charge is -2.39. The van der Waals surface area contributed by atoms with Crippen molar-refractivity contribution in [3.8, 4) is 0 Å². The standard InChI is InChI=1S/C16H25N3O/c1-4-19(5-2)16(9-6-7-10-16)14(20)13-12(3)8-11-18-15(13)17/h8,11H,4-7,9-10H2,1-3H3,(H2,17,18). The van der Waals surface area contributed by atoms with E-state index in [1.807, 2.05) is 13.0 Å². The number of nitrogen functional groups attached to an aromatic ring is 1. The van der Waals surface area contributed by atoms with Crippen LogP contribution in [0.4, 0.5) is 5.82 Å². The van der Waals surface area contributed by atoms with E-state index in [2.05, 4.69) is 23.7 Å². The molecule has 1 aromatic rings. The average molecular weight is 275 g/mol. The number of Topliss-reactive ketones (excluding diaryl/α,β-unsaturated/α-hetero) is 1. The van der Waals surface area contributed by atoms with Crippen LogP contribution in [0.3, 0.4) is 0 Å². The van der Waals surface area contributed by atoms with Gasteiger partial charge < -0.3 is 5.73 Å². The number of rotatable bonds is 5. The third-order valence-electron chi connectivity index (χ3n) is 4.64. The minimum atomic E-state index is -0.370. The molecule has 1 fully saturated rings. The van der Waals surface area contributed by atoms with Gasteiger partial charge in [-0.1, -0.05) is 26.7 Å². The van der Waals surface area contributed by atoms with Crippen LogP contribution < -0.4 is 5.73 Å². The van der Waals surface area contributed by atoms with Crippen molar-refractivity contribution in [3.63, 3.8) is 0 Å². The minimum Gasteiger partial charge on any atom is -0.383 e. The number of likely N-dealkylation sites (N-methyl/N-ethyl adjacent to an activating group) is 1. The first-order chi connectivity index (χ1) is 9.56. The van der Waals surface area contributed by atoms with Gasteiger partial charge in [-0.3, -0.25) is 9.69 Å². The van der Waals surface area contributed by atoms with Crippen molar-refractivity contribution in [1.82, 2.24) is 9.88 Å². The Morgan fingerprint density at radius 1 is 1.35 bits per heavy atom. The van der Waals surface area contributed by atoms with Gasteiger partial charge in [0.25, 0.3) is 0 Å². The molecule has 0 aromatic carbocycles. The number of carbonyl (C=O) groups is 1. The van der Waals surface area contributed by atoms with Crippen molar-refractivity contribution in [2.24, 2.45) is 0 Å². The fraction of sp³-hybridized carbons (Fsp3) is 0.625. The molecule has 110 valence electrons. The molecule has 1 aliphatic rings. The zero-order valence-corrected chi connectivity index (χ0v) is 12.8. The predicted octanol–water partition coefficient (Wildman–Crippen LogP) is 2.81. The van der Waals surface area contributed by atoms with Gasteiger partial charge in [-0.15, -0.1) is 0 Å². The Morgan fingerprint density at radius 2 is 1.95 bits per heavy atom. The SMILES string of the molecule is CCN(CC)C1(C(=O)c2c(C)ccnc2N)CCCC1. The Balaban J connectivity index is 2.47. The average Bonchev–Trinajstić information content (AvgIpc) is 2.90. The molecule has 1 heterocycles. The van der Waals surface area contributed by atoms with Crippen LogP contribution in [0.15, 0.2) is 12.3 Å². The summed E-state index contributed by atoms with van der Waals surface area (Å²) in [5.74, 6) is 0.537. The number of pyridine rings is 1. The van der Waals surface area contributed by atoms with Crippen molar-refractivity contribution in [1.29, 1.82) is 0 Å². The van der Waals surface area contributed by atoms with Gasteiger partial charge in [0.15, 0.2) is 5.78 Å². The van der Waals surface area contributed by atoms with E-state index in [9.17, 15) is 4.79 Å². The molecule has 4 heteroatoms. The monoisotopic (exact) mass is 275 g/mol. The summed E-state index contributed by atoms with van der Waals surface area (Å²) in [5.41, 5.74) is 7.17. The highest BCUT2D eigenvalue weighted by Crippen LogP contribution is 2.39. The maximum atomic E-state index is 13.2. The third kappa shape index (κ3) is 2.33. The summed E-state index contributed by atoms with van der Waals surface area (Å²) in [5, 5.41) is 0. The highest BCUT2D eigenvalue weighted by Gasteiger charge is 2.46. The van der Waals surface area contributed by atoms with Crippen LogP contribution in [-0.4, -0.2) is 34.3 Å². The van der Waals surface area contributed by atoms with E-state index in [4.69, 9.17) is 5.73 Å². The molecule has 0 spiro atoms.